The highest BCUT2D eigenvalue weighted by molar-refractivity contribution is 7.12. The first-order valence-electron chi connectivity index (χ1n) is 11.6. The zero-order chi connectivity index (χ0) is 23.4. The van der Waals surface area contributed by atoms with Crippen LogP contribution in [0.1, 0.15) is 59.1 Å². The molecule has 1 aromatic heterocycles. The van der Waals surface area contributed by atoms with Crippen LogP contribution in [0.4, 0.5) is 0 Å². The van der Waals surface area contributed by atoms with E-state index in [1.807, 2.05) is 21.2 Å². The highest BCUT2D eigenvalue weighted by Gasteiger charge is 2.38. The van der Waals surface area contributed by atoms with Gasteiger partial charge in [0.25, 0.3) is 11.8 Å². The van der Waals surface area contributed by atoms with Crippen molar-refractivity contribution in [2.75, 3.05) is 19.6 Å². The van der Waals surface area contributed by atoms with Crippen molar-refractivity contribution in [3.05, 3.63) is 57.2 Å². The topological polar surface area (TPSA) is 69.7 Å². The molecule has 2 aromatic rings. The number of piperidine rings is 2. The number of carbonyl (C=O) groups is 3. The fourth-order valence-corrected chi connectivity index (χ4v) is 5.57. The molecular weight excluding hydrogens is 458 g/mol. The van der Waals surface area contributed by atoms with Crippen LogP contribution in [0.15, 0.2) is 41.8 Å². The number of benzene rings is 1. The van der Waals surface area contributed by atoms with Crippen LogP contribution in [0, 0.1) is 5.92 Å². The molecule has 2 fully saturated rings. The maximum Gasteiger partial charge on any atom is 0.262 e. The molecule has 0 bridgehead atoms. The summed E-state index contributed by atoms with van der Waals surface area (Å²) in [6.07, 6.45) is 4.45. The van der Waals surface area contributed by atoms with Gasteiger partial charge in [0, 0.05) is 36.3 Å². The number of carbonyl (C=O) groups excluding carboxylic acids is 3. The molecule has 4 rings (SSSR count). The lowest BCUT2D eigenvalue weighted by Gasteiger charge is -2.40. The van der Waals surface area contributed by atoms with Crippen LogP contribution >= 0.6 is 22.9 Å². The Bertz CT molecular complexity index is 971. The normalized spacial score (nSPS) is 20.4. The summed E-state index contributed by atoms with van der Waals surface area (Å²) in [5, 5.41) is 5.51. The second-order valence-corrected chi connectivity index (χ2v) is 10.3. The molecule has 0 saturated carbocycles. The molecule has 1 aromatic carbocycles. The molecule has 0 aliphatic carbocycles. The molecule has 2 aliphatic heterocycles. The number of likely N-dealkylation sites (tertiary alicyclic amines) is 2. The Morgan fingerprint density at radius 3 is 2.39 bits per heavy atom. The molecule has 2 aliphatic rings. The maximum absolute atomic E-state index is 13.6. The van der Waals surface area contributed by atoms with Crippen LogP contribution in [0.5, 0.6) is 0 Å². The molecule has 3 heterocycles. The minimum absolute atomic E-state index is 0.00887. The minimum Gasteiger partial charge on any atom is -0.339 e. The molecule has 33 heavy (non-hydrogen) atoms. The molecule has 6 nitrogen and oxygen atoms in total. The number of nitrogens with one attached hydrogen (secondary N) is 1. The number of hydrogen-bond acceptors (Lipinski definition) is 4. The summed E-state index contributed by atoms with van der Waals surface area (Å²) >= 11 is 7.32. The average Bonchev–Trinajstić information content (AvgIpc) is 3.38. The Kier molecular flexibility index (Phi) is 7.71. The number of hydrogen-bond donors (Lipinski definition) is 1. The monoisotopic (exact) mass is 487 g/mol. The first-order valence-corrected chi connectivity index (χ1v) is 12.9. The Labute approximate surface area is 203 Å². The standard InChI is InChI=1S/C25H30ClN3O3S/c1-17-5-2-3-13-29(17)25(32)22(27-23(30)21-6-4-16-33-21)18-11-14-28(15-12-18)24(31)19-7-9-20(26)10-8-19/h4,6-10,16-18,22H,2-3,5,11-15H2,1H3,(H,27,30). The molecule has 2 unspecified atom stereocenters. The summed E-state index contributed by atoms with van der Waals surface area (Å²) in [6, 6.07) is 10.1. The lowest BCUT2D eigenvalue weighted by Crippen LogP contribution is -2.57. The predicted molar refractivity (Wildman–Crippen MR) is 131 cm³/mol. The van der Waals surface area contributed by atoms with E-state index in [0.717, 1.165) is 25.8 Å². The second-order valence-electron chi connectivity index (χ2n) is 8.94. The van der Waals surface area contributed by atoms with Crippen molar-refractivity contribution >= 4 is 40.7 Å². The summed E-state index contributed by atoms with van der Waals surface area (Å²) < 4.78 is 0. The average molecular weight is 488 g/mol. The van der Waals surface area contributed by atoms with Crippen molar-refractivity contribution in [2.24, 2.45) is 5.92 Å². The third-order valence-electron chi connectivity index (χ3n) is 6.77. The zero-order valence-electron chi connectivity index (χ0n) is 18.8. The van der Waals surface area contributed by atoms with Gasteiger partial charge in [0.15, 0.2) is 0 Å². The van der Waals surface area contributed by atoms with E-state index < -0.39 is 6.04 Å². The first kappa shape index (κ1) is 23.8. The number of halogens is 1. The Morgan fingerprint density at radius 2 is 1.76 bits per heavy atom. The number of rotatable bonds is 5. The van der Waals surface area contributed by atoms with Gasteiger partial charge in [-0.2, -0.15) is 0 Å². The van der Waals surface area contributed by atoms with Crippen molar-refractivity contribution in [3.63, 3.8) is 0 Å². The van der Waals surface area contributed by atoms with E-state index >= 15 is 0 Å². The molecule has 0 spiro atoms. The Morgan fingerprint density at radius 1 is 1.03 bits per heavy atom. The van der Waals surface area contributed by atoms with E-state index in [9.17, 15) is 14.4 Å². The molecule has 2 saturated heterocycles. The van der Waals surface area contributed by atoms with Gasteiger partial charge in [-0.15, -0.1) is 11.3 Å². The number of nitrogens with zero attached hydrogens (tertiary/aromatic N) is 2. The van der Waals surface area contributed by atoms with Crippen molar-refractivity contribution in [2.45, 2.75) is 51.1 Å². The van der Waals surface area contributed by atoms with Crippen LogP contribution in [0.2, 0.25) is 5.02 Å². The third kappa shape index (κ3) is 5.58. The fraction of sp³-hybridized carbons (Fsp3) is 0.480. The van der Waals surface area contributed by atoms with Crippen molar-refractivity contribution in [3.8, 4) is 0 Å². The summed E-state index contributed by atoms with van der Waals surface area (Å²) in [4.78, 5) is 43.7. The number of thiophene rings is 1. The summed E-state index contributed by atoms with van der Waals surface area (Å²) in [7, 11) is 0. The Balaban J connectivity index is 1.46. The van der Waals surface area contributed by atoms with E-state index in [0.29, 0.717) is 41.4 Å². The predicted octanol–water partition coefficient (Wildman–Crippen LogP) is 4.45. The maximum atomic E-state index is 13.6. The largest absolute Gasteiger partial charge is 0.339 e. The van der Waals surface area contributed by atoms with Gasteiger partial charge in [0.1, 0.15) is 6.04 Å². The fourth-order valence-electron chi connectivity index (χ4n) is 4.82. The summed E-state index contributed by atoms with van der Waals surface area (Å²) in [5.41, 5.74) is 0.610. The zero-order valence-corrected chi connectivity index (χ0v) is 20.4. The van der Waals surface area contributed by atoms with Gasteiger partial charge in [0.05, 0.1) is 4.88 Å². The first-order chi connectivity index (χ1) is 15.9. The third-order valence-corrected chi connectivity index (χ3v) is 7.89. The highest BCUT2D eigenvalue weighted by atomic mass is 35.5. The van der Waals surface area contributed by atoms with Gasteiger partial charge in [-0.3, -0.25) is 14.4 Å². The minimum atomic E-state index is -0.576. The van der Waals surface area contributed by atoms with Crippen molar-refractivity contribution in [1.82, 2.24) is 15.1 Å². The molecule has 8 heteroatoms. The van der Waals surface area contributed by atoms with E-state index in [4.69, 9.17) is 11.6 Å². The van der Waals surface area contributed by atoms with Gasteiger partial charge in [0.2, 0.25) is 5.91 Å². The quantitative estimate of drug-likeness (QED) is 0.677. The number of amides is 3. The van der Waals surface area contributed by atoms with Gasteiger partial charge in [-0.25, -0.2) is 0 Å². The van der Waals surface area contributed by atoms with Crippen molar-refractivity contribution in [1.29, 1.82) is 0 Å². The summed E-state index contributed by atoms with van der Waals surface area (Å²) in [5.74, 6) is -0.229. The van der Waals surface area contributed by atoms with Crippen LogP contribution in [-0.2, 0) is 4.79 Å². The Hall–Kier alpha value is -2.38. The molecular formula is C25H30ClN3O3S. The smallest absolute Gasteiger partial charge is 0.262 e. The molecule has 0 radical (unpaired) electrons. The highest BCUT2D eigenvalue weighted by Crippen LogP contribution is 2.27. The molecule has 176 valence electrons. The van der Waals surface area contributed by atoms with E-state index in [2.05, 4.69) is 12.2 Å². The van der Waals surface area contributed by atoms with Gasteiger partial charge >= 0.3 is 0 Å². The molecule has 1 N–H and O–H groups in total. The molecule has 2 atom stereocenters. The molecule has 3 amide bonds. The van der Waals surface area contributed by atoms with Crippen LogP contribution < -0.4 is 5.32 Å². The van der Waals surface area contributed by atoms with E-state index in [-0.39, 0.29) is 29.7 Å². The van der Waals surface area contributed by atoms with Crippen LogP contribution in [0.25, 0.3) is 0 Å². The van der Waals surface area contributed by atoms with Gasteiger partial charge in [-0.05, 0) is 80.7 Å². The van der Waals surface area contributed by atoms with Crippen LogP contribution in [0.3, 0.4) is 0 Å². The van der Waals surface area contributed by atoms with Gasteiger partial charge < -0.3 is 15.1 Å². The lowest BCUT2D eigenvalue weighted by atomic mass is 9.87. The second kappa shape index (κ2) is 10.7. The summed E-state index contributed by atoms with van der Waals surface area (Å²) in [6.45, 7) is 3.93. The SMILES string of the molecule is CC1CCCCN1C(=O)C(NC(=O)c1cccs1)C1CCN(C(=O)c2ccc(Cl)cc2)CC1. The van der Waals surface area contributed by atoms with E-state index in [1.54, 1.807) is 30.3 Å². The lowest BCUT2D eigenvalue weighted by molar-refractivity contribution is -0.138. The van der Waals surface area contributed by atoms with E-state index in [1.165, 1.54) is 11.3 Å². The van der Waals surface area contributed by atoms with Gasteiger partial charge in [-0.1, -0.05) is 17.7 Å². The van der Waals surface area contributed by atoms with Crippen LogP contribution in [-0.4, -0.2) is 59.2 Å². The van der Waals surface area contributed by atoms with Crippen molar-refractivity contribution < 1.29 is 14.4 Å².